The maximum absolute atomic E-state index is 12.8. The van der Waals surface area contributed by atoms with Gasteiger partial charge in [0, 0.05) is 23.7 Å². The molecule has 2 rings (SSSR count). The van der Waals surface area contributed by atoms with Crippen molar-refractivity contribution in [2.24, 2.45) is 5.73 Å². The molecule has 0 bridgehead atoms. The fourth-order valence-electron chi connectivity index (χ4n) is 2.09. The zero-order valence-electron chi connectivity index (χ0n) is 10.6. The minimum absolute atomic E-state index is 0.0583. The monoisotopic (exact) mass is 269 g/mol. The van der Waals surface area contributed by atoms with E-state index in [0.29, 0.717) is 11.4 Å². The van der Waals surface area contributed by atoms with Crippen LogP contribution < -0.4 is 5.73 Å². The highest BCUT2D eigenvalue weighted by Crippen LogP contribution is 2.27. The predicted octanol–water partition coefficient (Wildman–Crippen LogP) is 3.13. The minimum Gasteiger partial charge on any atom is -0.377 e. The third kappa shape index (κ3) is 3.70. The van der Waals surface area contributed by atoms with Gasteiger partial charge in [-0.05, 0) is 30.5 Å². The Labute approximate surface area is 112 Å². The van der Waals surface area contributed by atoms with E-state index >= 15 is 0 Å². The topological polar surface area (TPSA) is 35.2 Å². The number of ether oxygens (including phenoxy) is 1. The van der Waals surface area contributed by atoms with Crippen molar-refractivity contribution in [1.82, 2.24) is 0 Å². The van der Waals surface area contributed by atoms with Crippen LogP contribution in [-0.4, -0.2) is 23.7 Å². The first kappa shape index (κ1) is 13.8. The summed E-state index contributed by atoms with van der Waals surface area (Å²) >= 11 is 1.84. The van der Waals surface area contributed by atoms with E-state index in [9.17, 15) is 4.39 Å². The standard InChI is InChI=1S/C14H20FNOS/c1-10(18-9-13-3-2-8-17-13)14(16)11-4-6-12(15)7-5-11/h4-7,10,13-14H,2-3,8-9,16H2,1H3. The summed E-state index contributed by atoms with van der Waals surface area (Å²) in [4.78, 5) is 0. The highest BCUT2D eigenvalue weighted by Gasteiger charge is 2.20. The molecule has 1 saturated heterocycles. The lowest BCUT2D eigenvalue weighted by Gasteiger charge is -2.21. The van der Waals surface area contributed by atoms with E-state index in [2.05, 4.69) is 6.92 Å². The summed E-state index contributed by atoms with van der Waals surface area (Å²) < 4.78 is 18.4. The van der Waals surface area contributed by atoms with Gasteiger partial charge in [0.05, 0.1) is 6.10 Å². The van der Waals surface area contributed by atoms with Gasteiger partial charge in [0.25, 0.3) is 0 Å². The van der Waals surface area contributed by atoms with Gasteiger partial charge in [0.15, 0.2) is 0 Å². The molecule has 0 radical (unpaired) electrons. The molecular weight excluding hydrogens is 249 g/mol. The zero-order chi connectivity index (χ0) is 13.0. The van der Waals surface area contributed by atoms with Gasteiger partial charge in [-0.15, -0.1) is 0 Å². The van der Waals surface area contributed by atoms with Crippen LogP contribution in [0.25, 0.3) is 0 Å². The first-order valence-corrected chi connectivity index (χ1v) is 7.46. The van der Waals surface area contributed by atoms with Gasteiger partial charge in [-0.2, -0.15) is 11.8 Å². The van der Waals surface area contributed by atoms with Crippen molar-refractivity contribution in [3.63, 3.8) is 0 Å². The van der Waals surface area contributed by atoms with E-state index in [1.807, 2.05) is 11.8 Å². The van der Waals surface area contributed by atoms with Crippen LogP contribution in [0, 0.1) is 5.82 Å². The molecule has 3 unspecified atom stereocenters. The average Bonchev–Trinajstić information content (AvgIpc) is 2.89. The van der Waals surface area contributed by atoms with E-state index in [4.69, 9.17) is 10.5 Å². The molecule has 0 amide bonds. The smallest absolute Gasteiger partial charge is 0.123 e. The van der Waals surface area contributed by atoms with Crippen LogP contribution in [0.4, 0.5) is 4.39 Å². The Morgan fingerprint density at radius 3 is 2.78 bits per heavy atom. The van der Waals surface area contributed by atoms with E-state index in [-0.39, 0.29) is 11.9 Å². The molecule has 0 spiro atoms. The van der Waals surface area contributed by atoms with Gasteiger partial charge >= 0.3 is 0 Å². The molecule has 1 aromatic rings. The summed E-state index contributed by atoms with van der Waals surface area (Å²) in [7, 11) is 0. The quantitative estimate of drug-likeness (QED) is 0.892. The third-order valence-corrected chi connectivity index (χ3v) is 4.71. The van der Waals surface area contributed by atoms with Crippen molar-refractivity contribution < 1.29 is 9.13 Å². The Balaban J connectivity index is 1.83. The van der Waals surface area contributed by atoms with Gasteiger partial charge in [-0.3, -0.25) is 0 Å². The number of hydrogen-bond acceptors (Lipinski definition) is 3. The Bertz CT molecular complexity index is 365. The van der Waals surface area contributed by atoms with Crippen LogP contribution in [0.3, 0.4) is 0 Å². The summed E-state index contributed by atoms with van der Waals surface area (Å²) in [5, 5.41) is 0.305. The molecule has 0 aromatic heterocycles. The first-order chi connectivity index (χ1) is 8.66. The zero-order valence-corrected chi connectivity index (χ0v) is 11.5. The van der Waals surface area contributed by atoms with Crippen molar-refractivity contribution in [2.45, 2.75) is 37.2 Å². The maximum atomic E-state index is 12.8. The first-order valence-electron chi connectivity index (χ1n) is 6.41. The molecule has 2 N–H and O–H groups in total. The maximum Gasteiger partial charge on any atom is 0.123 e. The predicted molar refractivity (Wildman–Crippen MR) is 74.2 cm³/mol. The molecule has 100 valence electrons. The fourth-order valence-corrected chi connectivity index (χ4v) is 3.24. The fraction of sp³-hybridized carbons (Fsp3) is 0.571. The van der Waals surface area contributed by atoms with Gasteiger partial charge in [-0.1, -0.05) is 19.1 Å². The highest BCUT2D eigenvalue weighted by atomic mass is 32.2. The minimum atomic E-state index is -0.217. The van der Waals surface area contributed by atoms with Crippen molar-refractivity contribution in [1.29, 1.82) is 0 Å². The Kier molecular flexibility index (Phi) is 5.03. The molecule has 1 aliphatic rings. The Morgan fingerprint density at radius 2 is 2.17 bits per heavy atom. The number of rotatable bonds is 5. The molecule has 1 heterocycles. The molecule has 1 fully saturated rings. The summed E-state index contributed by atoms with van der Waals surface area (Å²) in [6.45, 7) is 3.01. The van der Waals surface area contributed by atoms with Gasteiger partial charge < -0.3 is 10.5 Å². The summed E-state index contributed by atoms with van der Waals surface area (Å²) in [5.41, 5.74) is 7.18. The lowest BCUT2D eigenvalue weighted by atomic mass is 10.1. The Morgan fingerprint density at radius 1 is 1.44 bits per heavy atom. The van der Waals surface area contributed by atoms with Crippen molar-refractivity contribution in [2.75, 3.05) is 12.4 Å². The highest BCUT2D eigenvalue weighted by molar-refractivity contribution is 7.99. The number of nitrogens with two attached hydrogens (primary N) is 1. The van der Waals surface area contributed by atoms with Crippen LogP contribution in [0.1, 0.15) is 31.4 Å². The van der Waals surface area contributed by atoms with E-state index < -0.39 is 0 Å². The lowest BCUT2D eigenvalue weighted by molar-refractivity contribution is 0.128. The van der Waals surface area contributed by atoms with Crippen LogP contribution in [-0.2, 0) is 4.74 Å². The van der Waals surface area contributed by atoms with Crippen molar-refractivity contribution in [3.05, 3.63) is 35.6 Å². The van der Waals surface area contributed by atoms with Crippen LogP contribution in [0.5, 0.6) is 0 Å². The second-order valence-corrected chi connectivity index (χ2v) is 6.16. The largest absolute Gasteiger partial charge is 0.377 e. The van der Waals surface area contributed by atoms with E-state index in [1.165, 1.54) is 18.6 Å². The average molecular weight is 269 g/mol. The van der Waals surface area contributed by atoms with Crippen molar-refractivity contribution >= 4 is 11.8 Å². The van der Waals surface area contributed by atoms with E-state index in [0.717, 1.165) is 24.3 Å². The number of hydrogen-bond donors (Lipinski definition) is 1. The Hall–Kier alpha value is -0.580. The molecule has 1 aliphatic heterocycles. The molecule has 0 saturated carbocycles. The molecular formula is C14H20FNOS. The second kappa shape index (κ2) is 6.55. The van der Waals surface area contributed by atoms with Gasteiger partial charge in [0.2, 0.25) is 0 Å². The van der Waals surface area contributed by atoms with Crippen LogP contribution in [0.15, 0.2) is 24.3 Å². The summed E-state index contributed by atoms with van der Waals surface area (Å²) in [6, 6.07) is 6.41. The second-order valence-electron chi connectivity index (χ2n) is 4.75. The third-order valence-electron chi connectivity index (χ3n) is 3.33. The SMILES string of the molecule is CC(SCC1CCCO1)C(N)c1ccc(F)cc1. The number of thioether (sulfide) groups is 1. The van der Waals surface area contributed by atoms with E-state index in [1.54, 1.807) is 12.1 Å². The molecule has 1 aromatic carbocycles. The van der Waals surface area contributed by atoms with Crippen LogP contribution >= 0.6 is 11.8 Å². The molecule has 18 heavy (non-hydrogen) atoms. The number of halogens is 1. The summed E-state index contributed by atoms with van der Waals surface area (Å²) in [6.07, 6.45) is 2.72. The van der Waals surface area contributed by atoms with Crippen LogP contribution in [0.2, 0.25) is 0 Å². The molecule has 4 heteroatoms. The molecule has 0 aliphatic carbocycles. The lowest BCUT2D eigenvalue weighted by Crippen LogP contribution is -2.23. The normalized spacial score (nSPS) is 22.9. The van der Waals surface area contributed by atoms with Gasteiger partial charge in [0.1, 0.15) is 5.82 Å². The molecule has 2 nitrogen and oxygen atoms in total. The van der Waals surface area contributed by atoms with Crippen molar-refractivity contribution in [3.8, 4) is 0 Å². The number of benzene rings is 1. The summed E-state index contributed by atoms with van der Waals surface area (Å²) in [5.74, 6) is 0.779. The van der Waals surface area contributed by atoms with Gasteiger partial charge in [-0.25, -0.2) is 4.39 Å². The molecule has 3 atom stereocenters.